The maximum absolute atomic E-state index is 13.2. The fourth-order valence-electron chi connectivity index (χ4n) is 1.55. The zero-order chi connectivity index (χ0) is 13.1. The number of hydrogen-bond acceptors (Lipinski definition) is 4. The van der Waals surface area contributed by atoms with Crippen molar-refractivity contribution in [2.45, 2.75) is 32.0 Å². The molecule has 1 fully saturated rings. The van der Waals surface area contributed by atoms with E-state index in [9.17, 15) is 14.3 Å². The van der Waals surface area contributed by atoms with Crippen molar-refractivity contribution in [3.05, 3.63) is 29.6 Å². The third-order valence-electron chi connectivity index (χ3n) is 2.59. The van der Waals surface area contributed by atoms with Crippen LogP contribution in [0.15, 0.2) is 18.2 Å². The maximum Gasteiger partial charge on any atom is 0.339 e. The lowest BCUT2D eigenvalue weighted by Gasteiger charge is -2.15. The Morgan fingerprint density at radius 2 is 2.28 bits per heavy atom. The van der Waals surface area contributed by atoms with E-state index >= 15 is 0 Å². The molecule has 0 spiro atoms. The number of ether oxygens (including phenoxy) is 2. The average Bonchev–Trinajstić information content (AvgIpc) is 3.15. The van der Waals surface area contributed by atoms with Gasteiger partial charge in [-0.1, -0.05) is 0 Å². The minimum Gasteiger partial charge on any atom is -0.490 e. The molecule has 1 N–H and O–H groups in total. The highest BCUT2D eigenvalue weighted by Crippen LogP contribution is 2.33. The molecule has 1 aromatic carbocycles. The first-order valence-electron chi connectivity index (χ1n) is 5.92. The topological polar surface area (TPSA) is 55.8 Å². The Morgan fingerprint density at radius 3 is 2.89 bits per heavy atom. The summed E-state index contributed by atoms with van der Waals surface area (Å²) in [5.74, 6) is -1.00. The van der Waals surface area contributed by atoms with E-state index in [1.54, 1.807) is 6.92 Å². The summed E-state index contributed by atoms with van der Waals surface area (Å²) in [6.45, 7) is 1.79. The van der Waals surface area contributed by atoms with Crippen LogP contribution in [0.5, 0.6) is 5.75 Å². The first-order valence-corrected chi connectivity index (χ1v) is 5.92. The SMILES string of the molecule is CCOC(=O)C(O)c1cc(F)ccc1OC1CC1. The van der Waals surface area contributed by atoms with Crippen molar-refractivity contribution in [1.29, 1.82) is 0 Å². The maximum atomic E-state index is 13.2. The highest BCUT2D eigenvalue weighted by atomic mass is 19.1. The second-order valence-corrected chi connectivity index (χ2v) is 4.15. The third kappa shape index (κ3) is 2.98. The van der Waals surface area contributed by atoms with Gasteiger partial charge in [0.25, 0.3) is 0 Å². The van der Waals surface area contributed by atoms with Crippen LogP contribution in [0, 0.1) is 5.82 Å². The largest absolute Gasteiger partial charge is 0.490 e. The first-order chi connectivity index (χ1) is 8.61. The van der Waals surface area contributed by atoms with Crippen LogP contribution < -0.4 is 4.74 Å². The van der Waals surface area contributed by atoms with E-state index in [4.69, 9.17) is 9.47 Å². The third-order valence-corrected chi connectivity index (χ3v) is 2.59. The monoisotopic (exact) mass is 254 g/mol. The molecule has 1 saturated carbocycles. The highest BCUT2D eigenvalue weighted by molar-refractivity contribution is 5.77. The highest BCUT2D eigenvalue weighted by Gasteiger charge is 2.28. The van der Waals surface area contributed by atoms with Crippen LogP contribution in [0.4, 0.5) is 4.39 Å². The van der Waals surface area contributed by atoms with Gasteiger partial charge in [-0.25, -0.2) is 9.18 Å². The Kier molecular flexibility index (Phi) is 3.81. The molecular weight excluding hydrogens is 239 g/mol. The van der Waals surface area contributed by atoms with E-state index in [1.165, 1.54) is 12.1 Å². The number of rotatable bonds is 5. The summed E-state index contributed by atoms with van der Waals surface area (Å²) in [6, 6.07) is 3.75. The van der Waals surface area contributed by atoms with Crippen molar-refractivity contribution < 1.29 is 23.8 Å². The van der Waals surface area contributed by atoms with Gasteiger partial charge in [-0.3, -0.25) is 0 Å². The summed E-state index contributed by atoms with van der Waals surface area (Å²) in [5.41, 5.74) is 0.111. The summed E-state index contributed by atoms with van der Waals surface area (Å²) >= 11 is 0. The molecular formula is C13H15FO4. The van der Waals surface area contributed by atoms with Crippen LogP contribution in [-0.4, -0.2) is 23.8 Å². The molecule has 0 saturated heterocycles. The molecule has 98 valence electrons. The van der Waals surface area contributed by atoms with Gasteiger partial charge in [0.2, 0.25) is 0 Å². The molecule has 0 radical (unpaired) electrons. The summed E-state index contributed by atoms with van der Waals surface area (Å²) in [6.07, 6.45) is 0.455. The van der Waals surface area contributed by atoms with Crippen LogP contribution in [0.25, 0.3) is 0 Å². The van der Waals surface area contributed by atoms with Crippen molar-refractivity contribution >= 4 is 5.97 Å². The molecule has 0 heterocycles. The van der Waals surface area contributed by atoms with Gasteiger partial charge in [0.05, 0.1) is 12.7 Å². The van der Waals surface area contributed by atoms with Gasteiger partial charge in [0, 0.05) is 5.56 Å². The van der Waals surface area contributed by atoms with Gasteiger partial charge in [0.15, 0.2) is 6.10 Å². The molecule has 1 aromatic rings. The molecule has 1 unspecified atom stereocenters. The zero-order valence-electron chi connectivity index (χ0n) is 10.1. The Balaban J connectivity index is 2.22. The molecule has 18 heavy (non-hydrogen) atoms. The first kappa shape index (κ1) is 12.8. The molecule has 1 aliphatic carbocycles. The van der Waals surface area contributed by atoms with Crippen molar-refractivity contribution in [2.75, 3.05) is 6.61 Å². The predicted molar refractivity (Wildman–Crippen MR) is 61.6 cm³/mol. The molecule has 0 bridgehead atoms. The van der Waals surface area contributed by atoms with E-state index in [1.807, 2.05) is 0 Å². The standard InChI is InChI=1S/C13H15FO4/c1-2-17-13(16)12(15)10-7-8(14)3-6-11(10)18-9-4-5-9/h3,6-7,9,12,15H,2,4-5H2,1H3. The number of carbonyl (C=O) groups excluding carboxylic acids is 1. The van der Waals surface area contributed by atoms with Crippen LogP contribution in [0.2, 0.25) is 0 Å². The number of carbonyl (C=O) groups is 1. The summed E-state index contributed by atoms with van der Waals surface area (Å²) in [7, 11) is 0. The normalized spacial score (nSPS) is 16.2. The van der Waals surface area contributed by atoms with Gasteiger partial charge in [-0.05, 0) is 38.0 Å². The molecule has 2 rings (SSSR count). The fraction of sp³-hybridized carbons (Fsp3) is 0.462. The molecule has 0 aromatic heterocycles. The molecule has 4 nitrogen and oxygen atoms in total. The van der Waals surface area contributed by atoms with Crippen molar-refractivity contribution in [3.63, 3.8) is 0 Å². The summed E-state index contributed by atoms with van der Waals surface area (Å²) in [4.78, 5) is 11.5. The minimum atomic E-state index is -1.52. The fourth-order valence-corrected chi connectivity index (χ4v) is 1.55. The molecule has 1 atom stereocenters. The van der Waals surface area contributed by atoms with Crippen LogP contribution >= 0.6 is 0 Å². The van der Waals surface area contributed by atoms with E-state index in [0.717, 1.165) is 18.9 Å². The van der Waals surface area contributed by atoms with Gasteiger partial charge in [-0.15, -0.1) is 0 Å². The van der Waals surface area contributed by atoms with Gasteiger partial charge < -0.3 is 14.6 Å². The van der Waals surface area contributed by atoms with Crippen molar-refractivity contribution in [1.82, 2.24) is 0 Å². The average molecular weight is 254 g/mol. The number of aliphatic hydroxyl groups is 1. The number of esters is 1. The van der Waals surface area contributed by atoms with Gasteiger partial charge in [0.1, 0.15) is 11.6 Å². The van der Waals surface area contributed by atoms with Crippen molar-refractivity contribution in [2.24, 2.45) is 0 Å². The van der Waals surface area contributed by atoms with E-state index < -0.39 is 17.9 Å². The summed E-state index contributed by atoms with van der Waals surface area (Å²) in [5, 5.41) is 9.84. The number of benzene rings is 1. The predicted octanol–water partition coefficient (Wildman–Crippen LogP) is 1.96. The molecule has 0 amide bonds. The Bertz CT molecular complexity index is 443. The lowest BCUT2D eigenvalue weighted by atomic mass is 10.1. The Labute approximate surface area is 104 Å². The second-order valence-electron chi connectivity index (χ2n) is 4.15. The zero-order valence-corrected chi connectivity index (χ0v) is 10.1. The van der Waals surface area contributed by atoms with Crippen LogP contribution in [0.1, 0.15) is 31.4 Å². The minimum absolute atomic E-state index is 0.101. The number of halogens is 1. The lowest BCUT2D eigenvalue weighted by Crippen LogP contribution is -2.17. The Morgan fingerprint density at radius 1 is 1.56 bits per heavy atom. The summed E-state index contributed by atoms with van der Waals surface area (Å²) < 4.78 is 23.4. The quantitative estimate of drug-likeness (QED) is 0.816. The van der Waals surface area contributed by atoms with Crippen molar-refractivity contribution in [3.8, 4) is 5.75 Å². The molecule has 5 heteroatoms. The number of hydrogen-bond donors (Lipinski definition) is 1. The molecule has 0 aliphatic heterocycles. The van der Waals surface area contributed by atoms with Gasteiger partial charge >= 0.3 is 5.97 Å². The van der Waals surface area contributed by atoms with E-state index in [0.29, 0.717) is 5.75 Å². The smallest absolute Gasteiger partial charge is 0.339 e. The van der Waals surface area contributed by atoms with Crippen LogP contribution in [0.3, 0.4) is 0 Å². The van der Waals surface area contributed by atoms with Crippen LogP contribution in [-0.2, 0) is 9.53 Å². The van der Waals surface area contributed by atoms with E-state index in [2.05, 4.69) is 0 Å². The molecule has 1 aliphatic rings. The Hall–Kier alpha value is -1.62. The second kappa shape index (κ2) is 5.35. The number of aliphatic hydroxyl groups excluding tert-OH is 1. The lowest BCUT2D eigenvalue weighted by molar-refractivity contribution is -0.153. The van der Waals surface area contributed by atoms with Gasteiger partial charge in [-0.2, -0.15) is 0 Å². The van der Waals surface area contributed by atoms with E-state index in [-0.39, 0.29) is 18.3 Å².